The van der Waals surface area contributed by atoms with Gasteiger partial charge in [-0.15, -0.1) is 0 Å². The first-order valence-corrected chi connectivity index (χ1v) is 11.3. The fraction of sp³-hybridized carbons (Fsp3) is 0.385. The van der Waals surface area contributed by atoms with Gasteiger partial charge in [-0.3, -0.25) is 9.69 Å². The number of hydrogen-bond donors (Lipinski definition) is 0. The van der Waals surface area contributed by atoms with Crippen LogP contribution < -0.4 is 0 Å². The van der Waals surface area contributed by atoms with Crippen molar-refractivity contribution in [3.63, 3.8) is 0 Å². The normalized spacial score (nSPS) is 15.3. The minimum atomic E-state index is -0.841. The first kappa shape index (κ1) is 23.8. The van der Waals surface area contributed by atoms with E-state index in [-0.39, 0.29) is 12.6 Å². The molecule has 0 spiro atoms. The van der Waals surface area contributed by atoms with Gasteiger partial charge < -0.3 is 9.47 Å². The first-order valence-electron chi connectivity index (χ1n) is 10.9. The number of esters is 2. The Hall–Kier alpha value is -2.81. The lowest BCUT2D eigenvalue weighted by Gasteiger charge is -2.40. The molecule has 0 radical (unpaired) electrons. The number of benzene rings is 2. The van der Waals surface area contributed by atoms with Crippen LogP contribution in [0.25, 0.3) is 0 Å². The predicted molar refractivity (Wildman–Crippen MR) is 124 cm³/mol. The van der Waals surface area contributed by atoms with Crippen LogP contribution in [0.1, 0.15) is 43.4 Å². The molecule has 168 valence electrons. The minimum absolute atomic E-state index is 0.250. The quantitative estimate of drug-likeness (QED) is 0.480. The zero-order valence-electron chi connectivity index (χ0n) is 18.5. The molecular weight excluding hydrogens is 426 g/mol. The molecule has 2 aromatic rings. The number of ether oxygens (including phenoxy) is 2. The molecule has 0 aromatic heterocycles. The predicted octanol–water partition coefficient (Wildman–Crippen LogP) is 4.35. The maximum atomic E-state index is 13.2. The highest BCUT2D eigenvalue weighted by atomic mass is 35.5. The van der Waals surface area contributed by atoms with Crippen LogP contribution in [0.5, 0.6) is 0 Å². The summed E-state index contributed by atoms with van der Waals surface area (Å²) >= 11 is 6.22. The summed E-state index contributed by atoms with van der Waals surface area (Å²) in [6, 6.07) is 15.6. The lowest BCUT2D eigenvalue weighted by atomic mass is 9.71. The van der Waals surface area contributed by atoms with E-state index in [0.717, 1.165) is 25.2 Å². The van der Waals surface area contributed by atoms with Crippen LogP contribution >= 0.6 is 11.6 Å². The molecule has 32 heavy (non-hydrogen) atoms. The molecule has 1 fully saturated rings. The molecule has 1 heterocycles. The summed E-state index contributed by atoms with van der Waals surface area (Å²) in [6.45, 7) is 6.38. The third-order valence-corrected chi connectivity index (χ3v) is 5.93. The first-order chi connectivity index (χ1) is 15.5. The molecule has 0 atom stereocenters. The molecule has 2 aromatic carbocycles. The van der Waals surface area contributed by atoms with Crippen molar-refractivity contribution in [3.05, 3.63) is 70.2 Å². The number of likely N-dealkylation sites (tertiary alicyclic amines) is 1. The van der Waals surface area contributed by atoms with Crippen LogP contribution in [0.2, 0.25) is 5.02 Å². The Bertz CT molecular complexity index is 1000. The van der Waals surface area contributed by atoms with Crippen molar-refractivity contribution in [2.24, 2.45) is 0 Å². The van der Waals surface area contributed by atoms with Crippen molar-refractivity contribution in [3.8, 4) is 11.8 Å². The third kappa shape index (κ3) is 5.70. The van der Waals surface area contributed by atoms with Gasteiger partial charge in [0, 0.05) is 23.1 Å². The molecule has 0 amide bonds. The van der Waals surface area contributed by atoms with Gasteiger partial charge in [-0.25, -0.2) is 4.79 Å². The van der Waals surface area contributed by atoms with Gasteiger partial charge in [0.25, 0.3) is 0 Å². The number of piperidine rings is 1. The monoisotopic (exact) mass is 453 g/mol. The Morgan fingerprint density at radius 3 is 2.38 bits per heavy atom. The molecule has 1 saturated heterocycles. The Kier molecular flexibility index (Phi) is 8.33. The van der Waals surface area contributed by atoms with E-state index in [1.807, 2.05) is 24.3 Å². The van der Waals surface area contributed by atoms with Crippen LogP contribution in [0.4, 0.5) is 0 Å². The molecule has 0 saturated carbocycles. The van der Waals surface area contributed by atoms with E-state index in [2.05, 4.69) is 28.9 Å². The van der Waals surface area contributed by atoms with E-state index in [9.17, 15) is 9.59 Å². The second-order valence-corrected chi connectivity index (χ2v) is 8.16. The number of hydrogen-bond acceptors (Lipinski definition) is 5. The Labute approximate surface area is 194 Å². The molecule has 0 aliphatic carbocycles. The van der Waals surface area contributed by atoms with E-state index in [0.29, 0.717) is 30.0 Å². The molecular formula is C26H28ClNO4. The maximum Gasteiger partial charge on any atom is 0.384 e. The fourth-order valence-corrected chi connectivity index (χ4v) is 4.28. The van der Waals surface area contributed by atoms with Gasteiger partial charge >= 0.3 is 11.9 Å². The van der Waals surface area contributed by atoms with Gasteiger partial charge in [0.15, 0.2) is 0 Å². The lowest BCUT2D eigenvalue weighted by Crippen LogP contribution is -2.48. The van der Waals surface area contributed by atoms with Gasteiger partial charge in [-0.05, 0) is 63.0 Å². The van der Waals surface area contributed by atoms with Crippen molar-refractivity contribution >= 4 is 23.5 Å². The summed E-state index contributed by atoms with van der Waals surface area (Å²) in [7, 11) is 0. The fourth-order valence-electron chi connectivity index (χ4n) is 4.11. The van der Waals surface area contributed by atoms with E-state index in [1.165, 1.54) is 5.56 Å². The second-order valence-electron chi connectivity index (χ2n) is 7.72. The average Bonchev–Trinajstić information content (AvgIpc) is 2.79. The molecule has 1 aliphatic heterocycles. The number of rotatable bonds is 6. The van der Waals surface area contributed by atoms with Crippen LogP contribution in [0.15, 0.2) is 48.5 Å². The topological polar surface area (TPSA) is 55.8 Å². The van der Waals surface area contributed by atoms with Crippen LogP contribution in [-0.4, -0.2) is 43.1 Å². The molecule has 5 nitrogen and oxygen atoms in total. The standard InChI is InChI=1S/C26H28ClNO4/c1-3-31-24(29)13-10-21-18-22(27)11-12-23(21)26(25(30)32-4-2)14-16-28(17-15-26)19-20-8-6-5-7-9-20/h5-9,11-12,18H,3-4,14-17,19H2,1-2H3. The van der Waals surface area contributed by atoms with Gasteiger partial charge in [0.05, 0.1) is 18.6 Å². The maximum absolute atomic E-state index is 13.2. The largest absolute Gasteiger partial charge is 0.465 e. The molecule has 3 rings (SSSR count). The Morgan fingerprint density at radius 1 is 1.03 bits per heavy atom. The third-order valence-electron chi connectivity index (χ3n) is 5.70. The van der Waals surface area contributed by atoms with Crippen molar-refractivity contribution in [1.82, 2.24) is 4.90 Å². The van der Waals surface area contributed by atoms with Gasteiger partial charge in [-0.2, -0.15) is 0 Å². The SMILES string of the molecule is CCOC(=O)C#Cc1cc(Cl)ccc1C1(C(=O)OCC)CCN(Cc2ccccc2)CC1. The molecule has 1 aliphatic rings. The van der Waals surface area contributed by atoms with Crippen LogP contribution in [-0.2, 0) is 31.0 Å². The summed E-state index contributed by atoms with van der Waals surface area (Å²) < 4.78 is 10.4. The zero-order chi connectivity index (χ0) is 23.0. The minimum Gasteiger partial charge on any atom is -0.465 e. The van der Waals surface area contributed by atoms with E-state index in [4.69, 9.17) is 21.1 Å². The van der Waals surface area contributed by atoms with E-state index in [1.54, 1.807) is 26.0 Å². The second kappa shape index (κ2) is 11.2. The van der Waals surface area contributed by atoms with Crippen molar-refractivity contribution < 1.29 is 19.1 Å². The van der Waals surface area contributed by atoms with Crippen molar-refractivity contribution in [1.29, 1.82) is 0 Å². The average molecular weight is 454 g/mol. The number of nitrogens with zero attached hydrogens (tertiary/aromatic N) is 1. The lowest BCUT2D eigenvalue weighted by molar-refractivity contribution is -0.152. The van der Waals surface area contributed by atoms with Crippen molar-refractivity contribution in [2.75, 3.05) is 26.3 Å². The molecule has 0 unspecified atom stereocenters. The van der Waals surface area contributed by atoms with Gasteiger partial charge in [-0.1, -0.05) is 53.9 Å². The van der Waals surface area contributed by atoms with Crippen LogP contribution in [0.3, 0.4) is 0 Å². The summed E-state index contributed by atoms with van der Waals surface area (Å²) in [5.74, 6) is 4.51. The summed E-state index contributed by atoms with van der Waals surface area (Å²) in [5.41, 5.74) is 1.70. The Balaban J connectivity index is 1.92. The highest BCUT2D eigenvalue weighted by molar-refractivity contribution is 6.30. The summed E-state index contributed by atoms with van der Waals surface area (Å²) in [4.78, 5) is 27.4. The zero-order valence-corrected chi connectivity index (χ0v) is 19.3. The van der Waals surface area contributed by atoms with E-state index < -0.39 is 11.4 Å². The number of carbonyl (C=O) groups is 2. The highest BCUT2D eigenvalue weighted by Gasteiger charge is 2.45. The van der Waals surface area contributed by atoms with Gasteiger partial charge in [0.2, 0.25) is 0 Å². The van der Waals surface area contributed by atoms with E-state index >= 15 is 0 Å². The summed E-state index contributed by atoms with van der Waals surface area (Å²) in [6.07, 6.45) is 1.18. The summed E-state index contributed by atoms with van der Waals surface area (Å²) in [5, 5.41) is 0.488. The van der Waals surface area contributed by atoms with Crippen LogP contribution in [0, 0.1) is 11.8 Å². The molecule has 0 bridgehead atoms. The number of carbonyl (C=O) groups excluding carboxylic acids is 2. The molecule has 0 N–H and O–H groups in total. The van der Waals surface area contributed by atoms with Crippen molar-refractivity contribution in [2.45, 2.75) is 38.6 Å². The molecule has 6 heteroatoms. The smallest absolute Gasteiger partial charge is 0.384 e. The number of halogens is 1. The highest BCUT2D eigenvalue weighted by Crippen LogP contribution is 2.39. The van der Waals surface area contributed by atoms with Gasteiger partial charge in [0.1, 0.15) is 0 Å². The Morgan fingerprint density at radius 2 is 1.72 bits per heavy atom.